The Morgan fingerprint density at radius 1 is 1.39 bits per heavy atom. The Kier molecular flexibility index (Phi) is 4.09. The van der Waals surface area contributed by atoms with Crippen LogP contribution in [-0.2, 0) is 6.54 Å². The molecule has 2 rings (SSSR count). The third kappa shape index (κ3) is 2.94. The second-order valence-corrected chi connectivity index (χ2v) is 5.34. The Balaban J connectivity index is 2.25. The SMILES string of the molecule is CN(Cc1cccc(Cl)c1)c1c(N)cncc1Br. The summed E-state index contributed by atoms with van der Waals surface area (Å²) in [6.45, 7) is 0.730. The average molecular weight is 327 g/mol. The van der Waals surface area contributed by atoms with Crippen LogP contribution in [0.25, 0.3) is 0 Å². The second-order valence-electron chi connectivity index (χ2n) is 4.05. The summed E-state index contributed by atoms with van der Waals surface area (Å²) in [4.78, 5) is 6.09. The molecule has 0 unspecified atom stereocenters. The smallest absolute Gasteiger partial charge is 0.0776 e. The first-order valence-electron chi connectivity index (χ1n) is 5.42. The molecular formula is C13H13BrClN3. The molecule has 0 amide bonds. The Bertz CT molecular complexity index is 539. The van der Waals surface area contributed by atoms with Crippen molar-refractivity contribution in [1.82, 2.24) is 4.98 Å². The van der Waals surface area contributed by atoms with Crippen LogP contribution in [0, 0.1) is 0 Å². The van der Waals surface area contributed by atoms with Gasteiger partial charge in [0.15, 0.2) is 0 Å². The van der Waals surface area contributed by atoms with E-state index in [1.165, 1.54) is 0 Å². The lowest BCUT2D eigenvalue weighted by atomic mass is 10.2. The molecule has 0 aliphatic carbocycles. The summed E-state index contributed by atoms with van der Waals surface area (Å²) in [5.74, 6) is 0. The van der Waals surface area contributed by atoms with E-state index in [0.717, 1.165) is 27.3 Å². The van der Waals surface area contributed by atoms with Gasteiger partial charge in [-0.2, -0.15) is 0 Å². The number of rotatable bonds is 3. The lowest BCUT2D eigenvalue weighted by Gasteiger charge is -2.22. The van der Waals surface area contributed by atoms with E-state index in [-0.39, 0.29) is 0 Å². The molecule has 0 aliphatic heterocycles. The zero-order chi connectivity index (χ0) is 13.1. The number of nitrogens with zero attached hydrogens (tertiary/aromatic N) is 2. The lowest BCUT2D eigenvalue weighted by molar-refractivity contribution is 0.919. The normalized spacial score (nSPS) is 10.4. The molecule has 0 atom stereocenters. The van der Waals surface area contributed by atoms with Crippen LogP contribution in [0.3, 0.4) is 0 Å². The molecule has 1 heterocycles. The van der Waals surface area contributed by atoms with E-state index in [1.54, 1.807) is 12.4 Å². The van der Waals surface area contributed by atoms with Crippen molar-refractivity contribution >= 4 is 38.9 Å². The molecule has 0 bridgehead atoms. The van der Waals surface area contributed by atoms with Crippen molar-refractivity contribution in [3.05, 3.63) is 51.7 Å². The zero-order valence-corrected chi connectivity index (χ0v) is 12.2. The van der Waals surface area contributed by atoms with Crippen LogP contribution < -0.4 is 10.6 Å². The van der Waals surface area contributed by atoms with Crippen molar-refractivity contribution in [3.8, 4) is 0 Å². The summed E-state index contributed by atoms with van der Waals surface area (Å²) >= 11 is 9.44. The standard InChI is InChI=1S/C13H13BrClN3/c1-18(8-9-3-2-4-10(15)5-9)13-11(14)6-17-7-12(13)16/h2-7H,8,16H2,1H3. The van der Waals surface area contributed by atoms with E-state index in [9.17, 15) is 0 Å². The van der Waals surface area contributed by atoms with Crippen LogP contribution in [0.1, 0.15) is 5.56 Å². The van der Waals surface area contributed by atoms with Crippen LogP contribution in [0.5, 0.6) is 0 Å². The van der Waals surface area contributed by atoms with Crippen LogP contribution in [0.2, 0.25) is 5.02 Å². The number of anilines is 2. The van der Waals surface area contributed by atoms with Crippen molar-refractivity contribution < 1.29 is 0 Å². The Hall–Kier alpha value is -1.26. The summed E-state index contributed by atoms with van der Waals surface area (Å²) in [7, 11) is 1.98. The van der Waals surface area contributed by atoms with Crippen molar-refractivity contribution in [2.24, 2.45) is 0 Å². The minimum Gasteiger partial charge on any atom is -0.396 e. The predicted molar refractivity (Wildman–Crippen MR) is 79.9 cm³/mol. The van der Waals surface area contributed by atoms with Gasteiger partial charge in [0.2, 0.25) is 0 Å². The maximum atomic E-state index is 5.97. The van der Waals surface area contributed by atoms with Gasteiger partial charge in [-0.15, -0.1) is 0 Å². The number of halogens is 2. The molecule has 3 nitrogen and oxygen atoms in total. The van der Waals surface area contributed by atoms with Gasteiger partial charge in [-0.3, -0.25) is 4.98 Å². The summed E-state index contributed by atoms with van der Waals surface area (Å²) in [5.41, 5.74) is 8.66. The van der Waals surface area contributed by atoms with Gasteiger partial charge < -0.3 is 10.6 Å². The maximum absolute atomic E-state index is 5.97. The maximum Gasteiger partial charge on any atom is 0.0776 e. The van der Waals surface area contributed by atoms with E-state index in [1.807, 2.05) is 31.3 Å². The van der Waals surface area contributed by atoms with E-state index in [0.29, 0.717) is 5.69 Å². The Labute approximate surface area is 120 Å². The van der Waals surface area contributed by atoms with Crippen LogP contribution in [-0.4, -0.2) is 12.0 Å². The van der Waals surface area contributed by atoms with Gasteiger partial charge in [-0.1, -0.05) is 23.7 Å². The summed E-state index contributed by atoms with van der Waals surface area (Å²) in [6.07, 6.45) is 3.38. The first kappa shape index (κ1) is 13.2. The number of hydrogen-bond acceptors (Lipinski definition) is 3. The van der Waals surface area contributed by atoms with Gasteiger partial charge in [0, 0.05) is 24.8 Å². The number of aromatic nitrogens is 1. The molecule has 94 valence electrons. The van der Waals surface area contributed by atoms with Crippen molar-refractivity contribution in [2.75, 3.05) is 17.7 Å². The van der Waals surface area contributed by atoms with Crippen molar-refractivity contribution in [2.45, 2.75) is 6.54 Å². The Morgan fingerprint density at radius 3 is 2.83 bits per heavy atom. The average Bonchev–Trinajstić information content (AvgIpc) is 2.28. The molecule has 2 aromatic rings. The highest BCUT2D eigenvalue weighted by molar-refractivity contribution is 9.10. The highest BCUT2D eigenvalue weighted by atomic mass is 79.9. The molecule has 0 radical (unpaired) electrons. The van der Waals surface area contributed by atoms with E-state index >= 15 is 0 Å². The third-order valence-corrected chi connectivity index (χ3v) is 3.41. The van der Waals surface area contributed by atoms with Crippen LogP contribution in [0.15, 0.2) is 41.1 Å². The highest BCUT2D eigenvalue weighted by Crippen LogP contribution is 2.31. The third-order valence-electron chi connectivity index (χ3n) is 2.59. The van der Waals surface area contributed by atoms with Crippen LogP contribution in [0.4, 0.5) is 11.4 Å². The minimum absolute atomic E-state index is 0.647. The largest absolute Gasteiger partial charge is 0.396 e. The number of pyridine rings is 1. The van der Waals surface area contributed by atoms with Gasteiger partial charge in [-0.05, 0) is 33.6 Å². The summed E-state index contributed by atoms with van der Waals surface area (Å²) in [6, 6.07) is 7.79. The number of benzene rings is 1. The van der Waals surface area contributed by atoms with E-state index < -0.39 is 0 Å². The van der Waals surface area contributed by atoms with Gasteiger partial charge in [-0.25, -0.2) is 0 Å². The van der Waals surface area contributed by atoms with Crippen molar-refractivity contribution in [3.63, 3.8) is 0 Å². The Morgan fingerprint density at radius 2 is 2.17 bits per heavy atom. The lowest BCUT2D eigenvalue weighted by Crippen LogP contribution is -2.18. The fraction of sp³-hybridized carbons (Fsp3) is 0.154. The number of hydrogen-bond donors (Lipinski definition) is 1. The molecule has 1 aromatic heterocycles. The molecule has 1 aromatic carbocycles. The fourth-order valence-electron chi connectivity index (χ4n) is 1.83. The summed E-state index contributed by atoms with van der Waals surface area (Å²) < 4.78 is 0.882. The monoisotopic (exact) mass is 325 g/mol. The van der Waals surface area contributed by atoms with E-state index in [2.05, 4.69) is 25.8 Å². The van der Waals surface area contributed by atoms with E-state index in [4.69, 9.17) is 17.3 Å². The molecule has 0 saturated heterocycles. The molecule has 0 aliphatic rings. The summed E-state index contributed by atoms with van der Waals surface area (Å²) in [5, 5.41) is 0.739. The molecule has 2 N–H and O–H groups in total. The number of nitrogen functional groups attached to an aromatic ring is 1. The minimum atomic E-state index is 0.647. The number of nitrogens with two attached hydrogens (primary N) is 1. The van der Waals surface area contributed by atoms with Crippen molar-refractivity contribution in [1.29, 1.82) is 0 Å². The molecular weight excluding hydrogens is 314 g/mol. The molecule has 0 saturated carbocycles. The molecule has 18 heavy (non-hydrogen) atoms. The fourth-order valence-corrected chi connectivity index (χ4v) is 2.70. The van der Waals surface area contributed by atoms with Gasteiger partial charge in [0.05, 0.1) is 22.0 Å². The first-order chi connectivity index (χ1) is 8.58. The molecule has 5 heteroatoms. The second kappa shape index (κ2) is 5.59. The first-order valence-corrected chi connectivity index (χ1v) is 6.59. The quantitative estimate of drug-likeness (QED) is 0.935. The predicted octanol–water partition coefficient (Wildman–Crippen LogP) is 3.72. The van der Waals surface area contributed by atoms with Crippen LogP contribution >= 0.6 is 27.5 Å². The molecule has 0 fully saturated rings. The van der Waals surface area contributed by atoms with Gasteiger partial charge in [0.25, 0.3) is 0 Å². The topological polar surface area (TPSA) is 42.1 Å². The highest BCUT2D eigenvalue weighted by Gasteiger charge is 2.10. The molecule has 0 spiro atoms. The van der Waals surface area contributed by atoms with Gasteiger partial charge in [0.1, 0.15) is 0 Å². The zero-order valence-electron chi connectivity index (χ0n) is 9.90. The van der Waals surface area contributed by atoms with Gasteiger partial charge >= 0.3 is 0 Å².